The maximum atomic E-state index is 5.48. The van der Waals surface area contributed by atoms with Crippen LogP contribution in [0, 0.1) is 6.92 Å². The molecule has 28 heavy (non-hydrogen) atoms. The van der Waals surface area contributed by atoms with Crippen LogP contribution in [0.1, 0.15) is 23.2 Å². The number of nitrogens with zero attached hydrogens (tertiary/aromatic N) is 2. The third kappa shape index (κ3) is 3.97. The number of ether oxygens (including phenoxy) is 3. The summed E-state index contributed by atoms with van der Waals surface area (Å²) in [5, 5.41) is 8.13. The largest absolute Gasteiger partial charge is 0.493 e. The standard InChI is InChI=1S/C22H25N3O3/c1-16-18(14-25(24-16)19-8-4-3-5-9-19)7-6-10-23-13-17-11-20(26-2)22-21(12-17)27-15-28-22/h3-5,8-9,11-12,14,23H,6-7,10,13,15H2,1-2H3. The van der Waals surface area contributed by atoms with E-state index in [4.69, 9.17) is 14.2 Å². The van der Waals surface area contributed by atoms with Gasteiger partial charge < -0.3 is 19.5 Å². The maximum Gasteiger partial charge on any atom is 0.231 e. The Labute approximate surface area is 165 Å². The zero-order chi connectivity index (χ0) is 19.3. The van der Waals surface area contributed by atoms with Gasteiger partial charge in [-0.25, -0.2) is 4.68 Å². The van der Waals surface area contributed by atoms with Crippen LogP contribution in [-0.2, 0) is 13.0 Å². The number of fused-ring (bicyclic) bond motifs is 1. The Balaban J connectivity index is 1.28. The van der Waals surface area contributed by atoms with Crippen molar-refractivity contribution in [3.63, 3.8) is 0 Å². The van der Waals surface area contributed by atoms with E-state index in [2.05, 4.69) is 35.7 Å². The van der Waals surface area contributed by atoms with Gasteiger partial charge in [0.2, 0.25) is 12.5 Å². The minimum Gasteiger partial charge on any atom is -0.493 e. The molecule has 3 aromatic rings. The zero-order valence-corrected chi connectivity index (χ0v) is 16.3. The fourth-order valence-corrected chi connectivity index (χ4v) is 3.38. The molecule has 0 saturated carbocycles. The van der Waals surface area contributed by atoms with Crippen molar-refractivity contribution in [3.8, 4) is 22.9 Å². The Morgan fingerprint density at radius 1 is 1.18 bits per heavy atom. The van der Waals surface area contributed by atoms with Crippen molar-refractivity contribution in [2.24, 2.45) is 0 Å². The molecule has 0 spiro atoms. The Bertz CT molecular complexity index is 938. The molecule has 146 valence electrons. The van der Waals surface area contributed by atoms with E-state index >= 15 is 0 Å². The predicted octanol–water partition coefficient (Wildman–Crippen LogP) is 3.64. The van der Waals surface area contributed by atoms with Crippen molar-refractivity contribution >= 4 is 0 Å². The summed E-state index contributed by atoms with van der Waals surface area (Å²) in [6, 6.07) is 14.2. The van der Waals surface area contributed by atoms with E-state index in [-0.39, 0.29) is 6.79 Å². The lowest BCUT2D eigenvalue weighted by molar-refractivity contribution is 0.171. The van der Waals surface area contributed by atoms with Crippen LogP contribution in [-0.4, -0.2) is 30.2 Å². The van der Waals surface area contributed by atoms with Gasteiger partial charge in [-0.2, -0.15) is 5.10 Å². The molecule has 0 bridgehead atoms. The van der Waals surface area contributed by atoms with E-state index in [1.165, 1.54) is 5.56 Å². The fraction of sp³-hybridized carbons (Fsp3) is 0.318. The molecule has 4 rings (SSSR count). The Hall–Kier alpha value is -2.99. The second-order valence-corrected chi connectivity index (χ2v) is 6.83. The molecule has 0 radical (unpaired) electrons. The molecule has 0 unspecified atom stereocenters. The van der Waals surface area contributed by atoms with Gasteiger partial charge in [0.05, 0.1) is 18.5 Å². The summed E-state index contributed by atoms with van der Waals surface area (Å²) >= 11 is 0. The third-order valence-electron chi connectivity index (χ3n) is 4.87. The molecule has 1 aliphatic heterocycles. The van der Waals surface area contributed by atoms with Crippen LogP contribution in [0.3, 0.4) is 0 Å². The summed E-state index contributed by atoms with van der Waals surface area (Å²) in [7, 11) is 1.65. The van der Waals surface area contributed by atoms with Gasteiger partial charge in [-0.3, -0.25) is 0 Å². The SMILES string of the molecule is COc1cc(CNCCCc2cn(-c3ccccc3)nc2C)cc2c1OCO2. The lowest BCUT2D eigenvalue weighted by Crippen LogP contribution is -2.15. The first-order valence-electron chi connectivity index (χ1n) is 9.52. The number of methoxy groups -OCH3 is 1. The quantitative estimate of drug-likeness (QED) is 0.606. The van der Waals surface area contributed by atoms with Crippen molar-refractivity contribution in [1.82, 2.24) is 15.1 Å². The second kappa shape index (κ2) is 8.35. The topological polar surface area (TPSA) is 57.5 Å². The van der Waals surface area contributed by atoms with E-state index in [0.29, 0.717) is 5.75 Å². The van der Waals surface area contributed by atoms with Gasteiger partial charge in [0.15, 0.2) is 11.5 Å². The Morgan fingerprint density at radius 3 is 2.86 bits per heavy atom. The smallest absolute Gasteiger partial charge is 0.231 e. The van der Waals surface area contributed by atoms with Gasteiger partial charge in [-0.1, -0.05) is 18.2 Å². The molecular formula is C22H25N3O3. The lowest BCUT2D eigenvalue weighted by atomic mass is 10.1. The molecule has 2 aromatic carbocycles. The molecule has 0 amide bonds. The highest BCUT2D eigenvalue weighted by Gasteiger charge is 2.19. The van der Waals surface area contributed by atoms with Crippen LogP contribution in [0.2, 0.25) is 0 Å². The molecule has 0 atom stereocenters. The van der Waals surface area contributed by atoms with Crippen molar-refractivity contribution in [1.29, 1.82) is 0 Å². The number of aryl methyl sites for hydroxylation is 2. The monoisotopic (exact) mass is 379 g/mol. The molecule has 1 aliphatic rings. The first kappa shape index (κ1) is 18.4. The predicted molar refractivity (Wildman–Crippen MR) is 107 cm³/mol. The van der Waals surface area contributed by atoms with Crippen molar-refractivity contribution in [3.05, 3.63) is 65.5 Å². The number of benzene rings is 2. The Kier molecular flexibility index (Phi) is 5.48. The molecule has 1 N–H and O–H groups in total. The molecule has 0 saturated heterocycles. The molecular weight excluding hydrogens is 354 g/mol. The molecule has 6 heteroatoms. The van der Waals surface area contributed by atoms with Gasteiger partial charge in [0, 0.05) is 12.7 Å². The highest BCUT2D eigenvalue weighted by atomic mass is 16.7. The van der Waals surface area contributed by atoms with Crippen LogP contribution in [0.5, 0.6) is 17.2 Å². The van der Waals surface area contributed by atoms with Gasteiger partial charge in [-0.15, -0.1) is 0 Å². The second-order valence-electron chi connectivity index (χ2n) is 6.83. The summed E-state index contributed by atoms with van der Waals surface area (Å²) in [5.41, 5.74) is 4.58. The van der Waals surface area contributed by atoms with Gasteiger partial charge in [0.1, 0.15) is 0 Å². The summed E-state index contributed by atoms with van der Waals surface area (Å²) in [4.78, 5) is 0. The van der Waals surface area contributed by atoms with E-state index in [9.17, 15) is 0 Å². The molecule has 2 heterocycles. The highest BCUT2D eigenvalue weighted by Crippen LogP contribution is 2.41. The molecule has 6 nitrogen and oxygen atoms in total. The molecule has 0 aliphatic carbocycles. The van der Waals surface area contributed by atoms with Crippen molar-refractivity contribution in [2.75, 3.05) is 20.4 Å². The summed E-state index contributed by atoms with van der Waals surface area (Å²) in [6.45, 7) is 4.00. The van der Waals surface area contributed by atoms with E-state index in [1.54, 1.807) is 7.11 Å². The van der Waals surface area contributed by atoms with Crippen LogP contribution in [0.25, 0.3) is 5.69 Å². The lowest BCUT2D eigenvalue weighted by Gasteiger charge is -2.09. The minimum absolute atomic E-state index is 0.249. The molecule has 1 aromatic heterocycles. The zero-order valence-electron chi connectivity index (χ0n) is 16.3. The van der Waals surface area contributed by atoms with E-state index < -0.39 is 0 Å². The Morgan fingerprint density at radius 2 is 2.04 bits per heavy atom. The highest BCUT2D eigenvalue weighted by molar-refractivity contribution is 5.55. The first-order valence-corrected chi connectivity index (χ1v) is 9.52. The van der Waals surface area contributed by atoms with Gasteiger partial charge in [0.25, 0.3) is 0 Å². The number of rotatable bonds is 8. The summed E-state index contributed by atoms with van der Waals surface area (Å²) in [6.07, 6.45) is 4.17. The van der Waals surface area contributed by atoms with Crippen LogP contribution >= 0.6 is 0 Å². The number of hydrogen-bond acceptors (Lipinski definition) is 5. The van der Waals surface area contributed by atoms with Gasteiger partial charge >= 0.3 is 0 Å². The average Bonchev–Trinajstić information content (AvgIpc) is 3.34. The van der Waals surface area contributed by atoms with Crippen molar-refractivity contribution in [2.45, 2.75) is 26.3 Å². The van der Waals surface area contributed by atoms with Crippen LogP contribution in [0.4, 0.5) is 0 Å². The normalized spacial score (nSPS) is 12.4. The number of hydrogen-bond donors (Lipinski definition) is 1. The number of para-hydroxylation sites is 1. The van der Waals surface area contributed by atoms with Gasteiger partial charge in [-0.05, 0) is 61.7 Å². The van der Waals surface area contributed by atoms with Crippen LogP contribution < -0.4 is 19.5 Å². The average molecular weight is 379 g/mol. The number of aromatic nitrogens is 2. The summed E-state index contributed by atoms with van der Waals surface area (Å²) in [5.74, 6) is 2.16. The van der Waals surface area contributed by atoms with Crippen LogP contribution in [0.15, 0.2) is 48.7 Å². The first-order chi connectivity index (χ1) is 13.7. The van der Waals surface area contributed by atoms with E-state index in [0.717, 1.165) is 54.4 Å². The maximum absolute atomic E-state index is 5.48. The fourth-order valence-electron chi connectivity index (χ4n) is 3.38. The summed E-state index contributed by atoms with van der Waals surface area (Å²) < 4.78 is 18.3. The van der Waals surface area contributed by atoms with E-state index in [1.807, 2.05) is 35.0 Å². The minimum atomic E-state index is 0.249. The third-order valence-corrected chi connectivity index (χ3v) is 4.87. The number of nitrogens with one attached hydrogen (secondary N) is 1. The molecule has 0 fully saturated rings. The van der Waals surface area contributed by atoms with Crippen molar-refractivity contribution < 1.29 is 14.2 Å².